The van der Waals surface area contributed by atoms with E-state index < -0.39 is 0 Å². The van der Waals surface area contributed by atoms with Gasteiger partial charge in [-0.25, -0.2) is 4.98 Å². The summed E-state index contributed by atoms with van der Waals surface area (Å²) in [5.74, 6) is 1.38. The Kier molecular flexibility index (Phi) is 4.54. The summed E-state index contributed by atoms with van der Waals surface area (Å²) in [4.78, 5) is 20.0. The number of aromatic nitrogens is 1. The molecule has 1 spiro atoms. The Balaban J connectivity index is 1.05. The van der Waals surface area contributed by atoms with E-state index >= 15 is 0 Å². The fourth-order valence-corrected chi connectivity index (χ4v) is 6.18. The molecule has 1 amide bonds. The van der Waals surface area contributed by atoms with Gasteiger partial charge in [0, 0.05) is 24.6 Å². The molecule has 1 N–H and O–H groups in total. The summed E-state index contributed by atoms with van der Waals surface area (Å²) >= 11 is 1.69. The van der Waals surface area contributed by atoms with Gasteiger partial charge in [0.05, 0.1) is 21.8 Å². The molecule has 1 saturated heterocycles. The maximum absolute atomic E-state index is 12.9. The number of rotatable bonds is 4. The number of benzene rings is 2. The normalized spacial score (nSPS) is 21.8. The number of nitrogens with zero attached hydrogens (tertiary/aromatic N) is 2. The van der Waals surface area contributed by atoms with Gasteiger partial charge in [-0.15, -0.1) is 11.3 Å². The molecule has 3 aliphatic rings. The first-order valence-electron chi connectivity index (χ1n) is 11.2. The van der Waals surface area contributed by atoms with Crippen LogP contribution >= 0.6 is 11.3 Å². The van der Waals surface area contributed by atoms with E-state index in [1.54, 1.807) is 11.3 Å². The molecule has 6 heteroatoms. The highest BCUT2D eigenvalue weighted by atomic mass is 32.1. The SMILES string of the molecule is Cc1nc2cc(NC(=O)[C@H]3CC34CCN(Cc3ccc5c(c3)CCO5)CC4)ccc2s1. The molecule has 6 rings (SSSR count). The molecule has 3 heterocycles. The maximum atomic E-state index is 12.9. The number of aryl methyl sites for hydroxylation is 1. The summed E-state index contributed by atoms with van der Waals surface area (Å²) in [6.07, 6.45) is 4.28. The van der Waals surface area contributed by atoms with Crippen LogP contribution in [0.4, 0.5) is 5.69 Å². The van der Waals surface area contributed by atoms with Gasteiger partial charge < -0.3 is 10.1 Å². The third-order valence-electron chi connectivity index (χ3n) is 7.28. The lowest BCUT2D eigenvalue weighted by Crippen LogP contribution is -2.35. The number of carbonyl (C=O) groups excluding carboxylic acids is 1. The average molecular weight is 434 g/mol. The number of hydrogen-bond donors (Lipinski definition) is 1. The standard InChI is InChI=1S/C25H27N3O2S/c1-16-26-21-13-19(3-5-23(21)31-16)27-24(29)20-14-25(20)7-9-28(10-8-25)15-17-2-4-22-18(12-17)6-11-30-22/h2-5,12-13,20H,6-11,14-15H2,1H3,(H,27,29)/t20-/m1/s1. The van der Waals surface area contributed by atoms with Gasteiger partial charge in [0.2, 0.25) is 5.91 Å². The summed E-state index contributed by atoms with van der Waals surface area (Å²) in [5, 5.41) is 4.21. The summed E-state index contributed by atoms with van der Waals surface area (Å²) < 4.78 is 6.79. The van der Waals surface area contributed by atoms with E-state index in [1.807, 2.05) is 19.1 Å². The van der Waals surface area contributed by atoms with E-state index in [4.69, 9.17) is 4.74 Å². The van der Waals surface area contributed by atoms with Gasteiger partial charge in [-0.3, -0.25) is 9.69 Å². The lowest BCUT2D eigenvalue weighted by atomic mass is 9.90. The maximum Gasteiger partial charge on any atom is 0.228 e. The van der Waals surface area contributed by atoms with Crippen molar-refractivity contribution in [1.29, 1.82) is 0 Å². The van der Waals surface area contributed by atoms with Crippen molar-refractivity contribution in [2.45, 2.75) is 39.2 Å². The van der Waals surface area contributed by atoms with E-state index in [-0.39, 0.29) is 17.2 Å². The predicted molar refractivity (Wildman–Crippen MR) is 124 cm³/mol. The van der Waals surface area contributed by atoms with Crippen molar-refractivity contribution >= 4 is 33.1 Å². The molecule has 0 bridgehead atoms. The summed E-state index contributed by atoms with van der Waals surface area (Å²) in [5.41, 5.74) is 4.77. The molecule has 1 aliphatic carbocycles. The Bertz CT molecular complexity index is 1160. The first-order chi connectivity index (χ1) is 15.1. The summed E-state index contributed by atoms with van der Waals surface area (Å²) in [6.45, 7) is 5.96. The fourth-order valence-electron chi connectivity index (χ4n) is 5.37. The van der Waals surface area contributed by atoms with Crippen molar-refractivity contribution in [3.63, 3.8) is 0 Å². The summed E-state index contributed by atoms with van der Waals surface area (Å²) in [6, 6.07) is 12.7. The molecule has 5 nitrogen and oxygen atoms in total. The van der Waals surface area contributed by atoms with E-state index in [2.05, 4.69) is 39.5 Å². The van der Waals surface area contributed by atoms with Crippen molar-refractivity contribution in [2.24, 2.45) is 11.3 Å². The largest absolute Gasteiger partial charge is 0.493 e. The minimum atomic E-state index is 0.152. The number of amides is 1. The van der Waals surface area contributed by atoms with E-state index in [1.165, 1.54) is 15.8 Å². The van der Waals surface area contributed by atoms with Crippen LogP contribution in [0.3, 0.4) is 0 Å². The quantitative estimate of drug-likeness (QED) is 0.643. The fraction of sp³-hybridized carbons (Fsp3) is 0.440. The van der Waals surface area contributed by atoms with E-state index in [9.17, 15) is 4.79 Å². The van der Waals surface area contributed by atoms with Crippen molar-refractivity contribution in [3.05, 3.63) is 52.5 Å². The Morgan fingerprint density at radius 3 is 3.00 bits per heavy atom. The van der Waals surface area contributed by atoms with Crippen molar-refractivity contribution < 1.29 is 9.53 Å². The molecule has 0 radical (unpaired) electrons. The third kappa shape index (κ3) is 3.62. The number of anilines is 1. The van der Waals surface area contributed by atoms with Gasteiger partial charge in [0.25, 0.3) is 0 Å². The van der Waals surface area contributed by atoms with Crippen LogP contribution in [0.25, 0.3) is 10.2 Å². The Morgan fingerprint density at radius 2 is 2.13 bits per heavy atom. The molecule has 2 aliphatic heterocycles. The van der Waals surface area contributed by atoms with E-state index in [0.717, 1.165) is 73.9 Å². The first-order valence-corrected chi connectivity index (χ1v) is 12.0. The molecule has 0 unspecified atom stereocenters. The van der Waals surface area contributed by atoms with Crippen LogP contribution in [0.5, 0.6) is 5.75 Å². The van der Waals surface area contributed by atoms with Crippen LogP contribution in [0.2, 0.25) is 0 Å². The monoisotopic (exact) mass is 433 g/mol. The highest BCUT2D eigenvalue weighted by Crippen LogP contribution is 2.59. The van der Waals surface area contributed by atoms with Gasteiger partial charge >= 0.3 is 0 Å². The number of piperidine rings is 1. The van der Waals surface area contributed by atoms with Crippen molar-refractivity contribution in [2.75, 3.05) is 25.0 Å². The molecule has 2 aromatic carbocycles. The molecule has 1 aromatic heterocycles. The third-order valence-corrected chi connectivity index (χ3v) is 8.23. The minimum Gasteiger partial charge on any atom is -0.493 e. The van der Waals surface area contributed by atoms with E-state index in [0.29, 0.717) is 0 Å². The number of hydrogen-bond acceptors (Lipinski definition) is 5. The van der Waals surface area contributed by atoms with Crippen LogP contribution in [0.15, 0.2) is 36.4 Å². The molecular formula is C25H27N3O2S. The molecule has 1 atom stereocenters. The smallest absolute Gasteiger partial charge is 0.228 e. The van der Waals surface area contributed by atoms with Gasteiger partial charge in [0.15, 0.2) is 0 Å². The number of ether oxygens (including phenoxy) is 1. The van der Waals surface area contributed by atoms with Crippen molar-refractivity contribution in [3.8, 4) is 5.75 Å². The second-order valence-corrected chi connectivity index (χ2v) is 10.6. The number of nitrogens with one attached hydrogen (secondary N) is 1. The van der Waals surface area contributed by atoms with Crippen molar-refractivity contribution in [1.82, 2.24) is 9.88 Å². The van der Waals surface area contributed by atoms with Gasteiger partial charge in [-0.1, -0.05) is 12.1 Å². The van der Waals surface area contributed by atoms with Crippen LogP contribution in [0.1, 0.15) is 35.4 Å². The predicted octanol–water partition coefficient (Wildman–Crippen LogP) is 4.78. The zero-order valence-corrected chi connectivity index (χ0v) is 18.6. The molecule has 2 fully saturated rings. The number of fused-ring (bicyclic) bond motifs is 2. The Hall–Kier alpha value is -2.44. The van der Waals surface area contributed by atoms with Crippen LogP contribution < -0.4 is 10.1 Å². The molecule has 3 aromatic rings. The molecule has 160 valence electrons. The van der Waals surface area contributed by atoms with Gasteiger partial charge in [0.1, 0.15) is 5.75 Å². The zero-order valence-electron chi connectivity index (χ0n) is 17.8. The number of carbonyl (C=O) groups is 1. The number of thiazole rings is 1. The highest BCUT2D eigenvalue weighted by Gasteiger charge is 2.58. The first kappa shape index (κ1) is 19.3. The average Bonchev–Trinajstić information content (AvgIpc) is 3.07. The molecule has 31 heavy (non-hydrogen) atoms. The van der Waals surface area contributed by atoms with Gasteiger partial charge in [-0.2, -0.15) is 0 Å². The second-order valence-electron chi connectivity index (χ2n) is 9.34. The molecular weight excluding hydrogens is 406 g/mol. The Labute approximate surface area is 186 Å². The Morgan fingerprint density at radius 1 is 1.26 bits per heavy atom. The highest BCUT2D eigenvalue weighted by molar-refractivity contribution is 7.18. The lowest BCUT2D eigenvalue weighted by molar-refractivity contribution is -0.118. The van der Waals surface area contributed by atoms with Crippen LogP contribution in [0, 0.1) is 18.3 Å². The topological polar surface area (TPSA) is 54.5 Å². The summed E-state index contributed by atoms with van der Waals surface area (Å²) in [7, 11) is 0. The van der Waals surface area contributed by atoms with Crippen LogP contribution in [-0.2, 0) is 17.8 Å². The minimum absolute atomic E-state index is 0.152. The zero-order chi connectivity index (χ0) is 21.0. The van der Waals surface area contributed by atoms with Gasteiger partial charge in [-0.05, 0) is 80.1 Å². The lowest BCUT2D eigenvalue weighted by Gasteiger charge is -2.33. The second kappa shape index (κ2) is 7.31. The number of likely N-dealkylation sites (tertiary alicyclic amines) is 1. The molecule has 1 saturated carbocycles. The van der Waals surface area contributed by atoms with Crippen LogP contribution in [-0.4, -0.2) is 35.5 Å².